The first-order chi connectivity index (χ1) is 16.9. The van der Waals surface area contributed by atoms with Gasteiger partial charge in [-0.1, -0.05) is 17.7 Å². The SMILES string of the molecule is CC(=O)c1c(C)oc2ccc(N(C(=O)c3ccc(Cl)cc3)S(=O)(=O)c3ccc(C)c([N+](=O)[O-])c3)cc12. The van der Waals surface area contributed by atoms with E-state index in [-0.39, 0.29) is 28.2 Å². The van der Waals surface area contributed by atoms with Crippen molar-refractivity contribution < 1.29 is 27.3 Å². The number of benzene rings is 3. The fraction of sp³-hybridized carbons (Fsp3) is 0.120. The largest absolute Gasteiger partial charge is 0.461 e. The van der Waals surface area contributed by atoms with Gasteiger partial charge in [0.1, 0.15) is 11.3 Å². The van der Waals surface area contributed by atoms with E-state index in [0.717, 1.165) is 6.07 Å². The molecule has 9 nitrogen and oxygen atoms in total. The maximum absolute atomic E-state index is 13.8. The van der Waals surface area contributed by atoms with E-state index in [1.807, 2.05) is 0 Å². The summed E-state index contributed by atoms with van der Waals surface area (Å²) in [6.07, 6.45) is 0. The molecule has 4 aromatic rings. The second kappa shape index (κ2) is 9.21. The average molecular weight is 527 g/mol. The van der Waals surface area contributed by atoms with Gasteiger partial charge in [-0.3, -0.25) is 19.7 Å². The van der Waals surface area contributed by atoms with E-state index in [0.29, 0.717) is 26.1 Å². The number of carbonyl (C=O) groups excluding carboxylic acids is 2. The number of amides is 1. The number of halogens is 1. The van der Waals surface area contributed by atoms with Crippen LogP contribution in [0.5, 0.6) is 0 Å². The zero-order chi connectivity index (χ0) is 26.4. The number of nitrogens with zero attached hydrogens (tertiary/aromatic N) is 2. The molecular formula is C25H19ClN2O7S. The van der Waals surface area contributed by atoms with E-state index in [1.165, 1.54) is 68.4 Å². The summed E-state index contributed by atoms with van der Waals surface area (Å²) in [5, 5.41) is 12.1. The quantitative estimate of drug-likeness (QED) is 0.175. The minimum atomic E-state index is -4.65. The Morgan fingerprint density at radius 2 is 1.67 bits per heavy atom. The third kappa shape index (κ3) is 4.36. The maximum Gasteiger partial charge on any atom is 0.273 e. The maximum atomic E-state index is 13.8. The number of nitro groups is 1. The van der Waals surface area contributed by atoms with E-state index >= 15 is 0 Å². The van der Waals surface area contributed by atoms with Crippen LogP contribution in [0.15, 0.2) is 70.0 Å². The highest BCUT2D eigenvalue weighted by Crippen LogP contribution is 2.34. The molecule has 0 N–H and O–H groups in total. The van der Waals surface area contributed by atoms with Crippen molar-refractivity contribution in [3.8, 4) is 0 Å². The molecule has 1 amide bonds. The molecule has 0 saturated heterocycles. The molecule has 0 aliphatic rings. The molecule has 3 aromatic carbocycles. The number of furan rings is 1. The average Bonchev–Trinajstić information content (AvgIpc) is 3.14. The Bertz CT molecular complexity index is 1660. The van der Waals surface area contributed by atoms with Gasteiger partial charge >= 0.3 is 0 Å². The van der Waals surface area contributed by atoms with Crippen LogP contribution >= 0.6 is 11.6 Å². The molecule has 0 fully saturated rings. The van der Waals surface area contributed by atoms with Crippen LogP contribution in [-0.4, -0.2) is 25.0 Å². The Balaban J connectivity index is 1.98. The summed E-state index contributed by atoms with van der Waals surface area (Å²) < 4.78 is 33.8. The first-order valence-electron chi connectivity index (χ1n) is 10.6. The van der Waals surface area contributed by atoms with Crippen molar-refractivity contribution in [2.24, 2.45) is 0 Å². The zero-order valence-electron chi connectivity index (χ0n) is 19.3. The lowest BCUT2D eigenvalue weighted by atomic mass is 10.1. The number of Topliss-reactive ketones (excluding diaryl/α,β-unsaturated/α-hetero) is 1. The topological polar surface area (TPSA) is 128 Å². The van der Waals surface area contributed by atoms with Crippen molar-refractivity contribution >= 4 is 55.7 Å². The van der Waals surface area contributed by atoms with Gasteiger partial charge < -0.3 is 4.42 Å². The zero-order valence-corrected chi connectivity index (χ0v) is 20.9. The van der Waals surface area contributed by atoms with Crippen molar-refractivity contribution in [2.45, 2.75) is 25.7 Å². The van der Waals surface area contributed by atoms with Crippen LogP contribution in [0.4, 0.5) is 11.4 Å². The molecule has 36 heavy (non-hydrogen) atoms. The third-order valence-electron chi connectivity index (χ3n) is 5.63. The highest BCUT2D eigenvalue weighted by Gasteiger charge is 2.34. The smallest absolute Gasteiger partial charge is 0.273 e. The molecule has 0 atom stereocenters. The van der Waals surface area contributed by atoms with Gasteiger partial charge in [-0.05, 0) is 69.3 Å². The number of nitro benzene ring substituents is 1. The number of sulfonamides is 1. The second-order valence-corrected chi connectivity index (χ2v) is 10.3. The Hall–Kier alpha value is -4.02. The Kier molecular flexibility index (Phi) is 6.42. The molecule has 184 valence electrons. The lowest BCUT2D eigenvalue weighted by molar-refractivity contribution is -0.385. The van der Waals surface area contributed by atoms with E-state index in [9.17, 15) is 28.1 Å². The summed E-state index contributed by atoms with van der Waals surface area (Å²) in [5.41, 5.74) is 0.386. The molecule has 0 aliphatic carbocycles. The van der Waals surface area contributed by atoms with E-state index < -0.39 is 31.4 Å². The summed E-state index contributed by atoms with van der Waals surface area (Å²) >= 11 is 5.93. The van der Waals surface area contributed by atoms with Crippen LogP contribution in [0.3, 0.4) is 0 Å². The lowest BCUT2D eigenvalue weighted by Gasteiger charge is -2.23. The fourth-order valence-electron chi connectivity index (χ4n) is 3.90. The highest BCUT2D eigenvalue weighted by atomic mass is 35.5. The van der Waals surface area contributed by atoms with Gasteiger partial charge in [0.25, 0.3) is 21.6 Å². The number of rotatable bonds is 6. The molecule has 1 heterocycles. The molecule has 0 spiro atoms. The van der Waals surface area contributed by atoms with Crippen LogP contribution in [0, 0.1) is 24.0 Å². The van der Waals surface area contributed by atoms with E-state index in [2.05, 4.69) is 0 Å². The van der Waals surface area contributed by atoms with Crippen LogP contribution in [0.1, 0.15) is 39.0 Å². The number of ketones is 1. The first-order valence-corrected chi connectivity index (χ1v) is 12.4. The molecule has 0 unspecified atom stereocenters. The van der Waals surface area contributed by atoms with Gasteiger partial charge in [0.2, 0.25) is 0 Å². The molecule has 0 radical (unpaired) electrons. The number of hydrogen-bond donors (Lipinski definition) is 0. The van der Waals surface area contributed by atoms with Crippen molar-refractivity contribution in [3.05, 3.63) is 98.3 Å². The van der Waals surface area contributed by atoms with Crippen molar-refractivity contribution in [3.63, 3.8) is 0 Å². The summed E-state index contributed by atoms with van der Waals surface area (Å²) in [7, 11) is -4.65. The Morgan fingerprint density at radius 3 is 2.28 bits per heavy atom. The van der Waals surface area contributed by atoms with Crippen LogP contribution in [-0.2, 0) is 10.0 Å². The first kappa shape index (κ1) is 25.1. The summed E-state index contributed by atoms with van der Waals surface area (Å²) in [6, 6.07) is 13.2. The number of carbonyl (C=O) groups is 2. The van der Waals surface area contributed by atoms with Crippen LogP contribution < -0.4 is 4.31 Å². The summed E-state index contributed by atoms with van der Waals surface area (Å²) in [4.78, 5) is 36.1. The molecule has 11 heteroatoms. The normalized spacial score (nSPS) is 11.4. The van der Waals surface area contributed by atoms with Crippen molar-refractivity contribution in [2.75, 3.05) is 4.31 Å². The van der Waals surface area contributed by atoms with Gasteiger partial charge in [0.05, 0.1) is 21.1 Å². The third-order valence-corrected chi connectivity index (χ3v) is 7.58. The van der Waals surface area contributed by atoms with Crippen LogP contribution in [0.25, 0.3) is 11.0 Å². The van der Waals surface area contributed by atoms with Gasteiger partial charge in [-0.25, -0.2) is 8.42 Å². The summed E-state index contributed by atoms with van der Waals surface area (Å²) in [5.74, 6) is -0.864. The molecule has 0 bridgehead atoms. The lowest BCUT2D eigenvalue weighted by Crippen LogP contribution is -2.37. The van der Waals surface area contributed by atoms with E-state index in [4.69, 9.17) is 16.0 Å². The Labute approximate surface area is 211 Å². The van der Waals surface area contributed by atoms with Crippen LogP contribution in [0.2, 0.25) is 5.02 Å². The second-order valence-electron chi connectivity index (χ2n) is 8.06. The van der Waals surface area contributed by atoms with Gasteiger partial charge in [-0.15, -0.1) is 0 Å². The Morgan fingerprint density at radius 1 is 1.00 bits per heavy atom. The fourth-order valence-corrected chi connectivity index (χ4v) is 5.45. The number of hydrogen-bond acceptors (Lipinski definition) is 7. The number of anilines is 1. The van der Waals surface area contributed by atoms with Gasteiger partial charge in [-0.2, -0.15) is 4.31 Å². The monoisotopic (exact) mass is 526 g/mol. The van der Waals surface area contributed by atoms with Gasteiger partial charge in [0, 0.05) is 27.6 Å². The predicted octanol–water partition coefficient (Wildman–Crippen LogP) is 5.85. The molecular weight excluding hydrogens is 508 g/mol. The molecule has 0 saturated carbocycles. The number of aryl methyl sites for hydroxylation is 2. The highest BCUT2D eigenvalue weighted by molar-refractivity contribution is 7.93. The minimum Gasteiger partial charge on any atom is -0.461 e. The molecule has 0 aliphatic heterocycles. The standard InChI is InChI=1S/C25H19ClN2O7S/c1-14-4-10-20(13-22(14)28(31)32)36(33,34)27(25(30)17-5-7-18(26)8-6-17)19-9-11-23-21(12-19)24(15(2)29)16(3)35-23/h4-13H,1-3H3. The number of fused-ring (bicyclic) bond motifs is 1. The molecule has 4 rings (SSSR count). The van der Waals surface area contributed by atoms with Gasteiger partial charge in [0.15, 0.2) is 5.78 Å². The predicted molar refractivity (Wildman–Crippen MR) is 134 cm³/mol. The van der Waals surface area contributed by atoms with Crippen molar-refractivity contribution in [1.29, 1.82) is 0 Å². The molecule has 1 aromatic heterocycles. The van der Waals surface area contributed by atoms with Crippen molar-refractivity contribution in [1.82, 2.24) is 0 Å². The minimum absolute atomic E-state index is 0.0137. The summed E-state index contributed by atoms with van der Waals surface area (Å²) in [6.45, 7) is 4.43. The van der Waals surface area contributed by atoms with E-state index in [1.54, 1.807) is 6.92 Å².